The zero-order valence-electron chi connectivity index (χ0n) is 14.9. The Morgan fingerprint density at radius 2 is 1.89 bits per heavy atom. The van der Waals surface area contributed by atoms with Crippen LogP contribution in [0.3, 0.4) is 0 Å². The van der Waals surface area contributed by atoms with Gasteiger partial charge in [0.05, 0.1) is 11.9 Å². The molecular formula is C20H17FN4OS. The van der Waals surface area contributed by atoms with Crippen LogP contribution in [0.1, 0.15) is 16.7 Å². The van der Waals surface area contributed by atoms with Gasteiger partial charge in [0.2, 0.25) is 0 Å². The van der Waals surface area contributed by atoms with Crippen LogP contribution in [-0.4, -0.2) is 19.7 Å². The fraction of sp³-hybridized carbons (Fsp3) is 0.150. The van der Waals surface area contributed by atoms with Gasteiger partial charge in [-0.2, -0.15) is 5.10 Å². The van der Waals surface area contributed by atoms with Crippen LogP contribution in [0.15, 0.2) is 58.6 Å². The van der Waals surface area contributed by atoms with Gasteiger partial charge in [0.1, 0.15) is 11.2 Å². The van der Waals surface area contributed by atoms with E-state index in [0.717, 1.165) is 16.8 Å². The molecule has 0 radical (unpaired) electrons. The van der Waals surface area contributed by atoms with Crippen LogP contribution in [0.4, 0.5) is 4.39 Å². The van der Waals surface area contributed by atoms with Crippen LogP contribution >= 0.6 is 11.8 Å². The summed E-state index contributed by atoms with van der Waals surface area (Å²) in [6.45, 7) is 4.09. The van der Waals surface area contributed by atoms with Gasteiger partial charge in [-0.15, -0.1) is 0 Å². The van der Waals surface area contributed by atoms with Gasteiger partial charge in [0.25, 0.3) is 5.56 Å². The molecule has 0 saturated carbocycles. The van der Waals surface area contributed by atoms with Gasteiger partial charge in [-0.3, -0.25) is 4.79 Å². The smallest absolute Gasteiger partial charge is 0.262 e. The molecule has 5 nitrogen and oxygen atoms in total. The lowest BCUT2D eigenvalue weighted by Gasteiger charge is -2.07. The van der Waals surface area contributed by atoms with E-state index in [1.54, 1.807) is 16.8 Å². The maximum atomic E-state index is 13.0. The standard InChI is InChI=1S/C20H17FN4OS/c1-12-3-8-16(9-13(12)2)25-18-17(10-22-25)19(26)24-20(23-18)27-11-14-4-6-15(21)7-5-14/h3-10H,11H2,1-2H3,(H,23,24,26). The lowest BCUT2D eigenvalue weighted by molar-refractivity contribution is 0.627. The Bertz CT molecular complexity index is 1180. The van der Waals surface area contributed by atoms with Crippen molar-refractivity contribution in [1.82, 2.24) is 19.7 Å². The Labute approximate surface area is 159 Å². The van der Waals surface area contributed by atoms with Crippen LogP contribution < -0.4 is 5.56 Å². The van der Waals surface area contributed by atoms with Gasteiger partial charge in [0.15, 0.2) is 10.8 Å². The molecular weight excluding hydrogens is 363 g/mol. The van der Waals surface area contributed by atoms with Crippen molar-refractivity contribution in [3.05, 3.63) is 81.5 Å². The van der Waals surface area contributed by atoms with Crippen molar-refractivity contribution in [2.45, 2.75) is 24.8 Å². The number of aromatic amines is 1. The zero-order valence-corrected chi connectivity index (χ0v) is 15.7. The Hall–Kier alpha value is -2.93. The van der Waals surface area contributed by atoms with E-state index in [0.29, 0.717) is 21.9 Å². The Morgan fingerprint density at radius 3 is 2.63 bits per heavy atom. The SMILES string of the molecule is Cc1ccc(-n2ncc3c(=O)[nH]c(SCc4ccc(F)cc4)nc32)cc1C. The van der Waals surface area contributed by atoms with E-state index in [-0.39, 0.29) is 11.4 Å². The normalized spacial score (nSPS) is 11.2. The number of aryl methyl sites for hydroxylation is 2. The minimum Gasteiger partial charge on any atom is -0.301 e. The first-order valence-corrected chi connectivity index (χ1v) is 9.43. The lowest BCUT2D eigenvalue weighted by atomic mass is 10.1. The fourth-order valence-electron chi connectivity index (χ4n) is 2.75. The second-order valence-corrected chi connectivity index (χ2v) is 7.31. The third-order valence-electron chi connectivity index (χ3n) is 4.44. The molecule has 0 amide bonds. The second kappa shape index (κ2) is 7.00. The highest BCUT2D eigenvalue weighted by atomic mass is 32.2. The number of aromatic nitrogens is 4. The van der Waals surface area contributed by atoms with Gasteiger partial charge in [-0.05, 0) is 54.8 Å². The van der Waals surface area contributed by atoms with Crippen molar-refractivity contribution in [2.75, 3.05) is 0 Å². The van der Waals surface area contributed by atoms with Gasteiger partial charge >= 0.3 is 0 Å². The number of benzene rings is 2. The molecule has 0 spiro atoms. The van der Waals surface area contributed by atoms with Crippen molar-refractivity contribution in [3.8, 4) is 5.69 Å². The maximum absolute atomic E-state index is 13.0. The number of hydrogen-bond acceptors (Lipinski definition) is 4. The highest BCUT2D eigenvalue weighted by Crippen LogP contribution is 2.22. The number of thioether (sulfide) groups is 1. The summed E-state index contributed by atoms with van der Waals surface area (Å²) in [4.78, 5) is 19.8. The zero-order chi connectivity index (χ0) is 19.0. The van der Waals surface area contributed by atoms with Gasteiger partial charge < -0.3 is 4.98 Å². The molecule has 2 aromatic carbocycles. The van der Waals surface area contributed by atoms with E-state index >= 15 is 0 Å². The Kier molecular flexibility index (Phi) is 4.53. The predicted octanol–water partition coefficient (Wildman–Crippen LogP) is 4.16. The number of fused-ring (bicyclic) bond motifs is 1. The number of nitrogens with zero attached hydrogens (tertiary/aromatic N) is 3. The third-order valence-corrected chi connectivity index (χ3v) is 5.38. The number of hydrogen-bond donors (Lipinski definition) is 1. The molecule has 0 aliphatic heterocycles. The Balaban J connectivity index is 1.70. The van der Waals surface area contributed by atoms with Gasteiger partial charge in [0, 0.05) is 5.75 Å². The lowest BCUT2D eigenvalue weighted by Crippen LogP contribution is -2.10. The van der Waals surface area contributed by atoms with E-state index in [1.807, 2.05) is 32.0 Å². The predicted molar refractivity (Wildman–Crippen MR) is 105 cm³/mol. The van der Waals surface area contributed by atoms with Crippen molar-refractivity contribution >= 4 is 22.8 Å². The van der Waals surface area contributed by atoms with Crippen molar-refractivity contribution < 1.29 is 4.39 Å². The van der Waals surface area contributed by atoms with Gasteiger partial charge in [-0.25, -0.2) is 14.1 Å². The molecule has 4 rings (SSSR count). The summed E-state index contributed by atoms with van der Waals surface area (Å²) in [5, 5.41) is 5.30. The average molecular weight is 380 g/mol. The summed E-state index contributed by atoms with van der Waals surface area (Å²) in [5.41, 5.74) is 4.44. The van der Waals surface area contributed by atoms with Crippen LogP contribution in [0, 0.1) is 19.7 Å². The topological polar surface area (TPSA) is 63.6 Å². The molecule has 2 heterocycles. The first kappa shape index (κ1) is 17.5. The summed E-state index contributed by atoms with van der Waals surface area (Å²) >= 11 is 1.39. The molecule has 0 bridgehead atoms. The summed E-state index contributed by atoms with van der Waals surface area (Å²) in [7, 11) is 0. The van der Waals surface area contributed by atoms with E-state index in [1.165, 1.54) is 35.7 Å². The highest BCUT2D eigenvalue weighted by molar-refractivity contribution is 7.98. The van der Waals surface area contributed by atoms with Gasteiger partial charge in [-0.1, -0.05) is 30.0 Å². The molecule has 1 N–H and O–H groups in total. The minimum atomic E-state index is -0.269. The molecule has 27 heavy (non-hydrogen) atoms. The highest BCUT2D eigenvalue weighted by Gasteiger charge is 2.12. The van der Waals surface area contributed by atoms with Crippen LogP contribution in [-0.2, 0) is 5.75 Å². The summed E-state index contributed by atoms with van der Waals surface area (Å²) < 4.78 is 14.7. The van der Waals surface area contributed by atoms with Crippen molar-refractivity contribution in [2.24, 2.45) is 0 Å². The molecule has 0 saturated heterocycles. The van der Waals surface area contributed by atoms with E-state index < -0.39 is 0 Å². The number of nitrogens with one attached hydrogen (secondary N) is 1. The van der Waals surface area contributed by atoms with Crippen molar-refractivity contribution in [3.63, 3.8) is 0 Å². The number of H-pyrrole nitrogens is 1. The number of rotatable bonds is 4. The largest absolute Gasteiger partial charge is 0.301 e. The van der Waals surface area contributed by atoms with Crippen molar-refractivity contribution in [1.29, 1.82) is 0 Å². The molecule has 0 atom stereocenters. The average Bonchev–Trinajstić information content (AvgIpc) is 3.08. The van der Waals surface area contributed by atoms with Crippen LogP contribution in [0.2, 0.25) is 0 Å². The van der Waals surface area contributed by atoms with Crippen LogP contribution in [0.25, 0.3) is 16.7 Å². The molecule has 136 valence electrons. The minimum absolute atomic E-state index is 0.225. The van der Waals surface area contributed by atoms with E-state index in [9.17, 15) is 9.18 Å². The van der Waals surface area contributed by atoms with E-state index in [4.69, 9.17) is 0 Å². The first-order valence-electron chi connectivity index (χ1n) is 8.44. The first-order chi connectivity index (χ1) is 13.0. The molecule has 2 aromatic heterocycles. The molecule has 4 aromatic rings. The number of halogens is 1. The van der Waals surface area contributed by atoms with Crippen LogP contribution in [0.5, 0.6) is 0 Å². The monoisotopic (exact) mass is 380 g/mol. The Morgan fingerprint density at radius 1 is 1.11 bits per heavy atom. The van der Waals surface area contributed by atoms with E-state index in [2.05, 4.69) is 15.1 Å². The summed E-state index contributed by atoms with van der Waals surface area (Å²) in [6.07, 6.45) is 1.53. The second-order valence-electron chi connectivity index (χ2n) is 6.35. The summed E-state index contributed by atoms with van der Waals surface area (Å²) in [6, 6.07) is 12.3. The third kappa shape index (κ3) is 3.50. The quantitative estimate of drug-likeness (QED) is 0.427. The molecule has 0 unspecified atom stereocenters. The molecule has 7 heteroatoms. The summed E-state index contributed by atoms with van der Waals surface area (Å²) in [5.74, 6) is 0.306. The maximum Gasteiger partial charge on any atom is 0.262 e. The molecule has 0 aliphatic rings. The fourth-order valence-corrected chi connectivity index (χ4v) is 3.56. The molecule has 0 aliphatic carbocycles. The molecule has 0 fully saturated rings.